The van der Waals surface area contributed by atoms with E-state index >= 15 is 0 Å². The number of likely N-dealkylation sites (tertiary alicyclic amines) is 1. The van der Waals surface area contributed by atoms with Gasteiger partial charge in [0.1, 0.15) is 5.69 Å². The number of carbonyl (C=O) groups excluding carboxylic acids is 1. The first kappa shape index (κ1) is 15.9. The number of aryl methyl sites for hydroxylation is 1. The summed E-state index contributed by atoms with van der Waals surface area (Å²) in [6.07, 6.45) is 4.10. The minimum Gasteiger partial charge on any atom is -0.428 e. The van der Waals surface area contributed by atoms with E-state index in [-0.39, 0.29) is 11.8 Å². The molecular formula is C19H22N4O2. The van der Waals surface area contributed by atoms with Gasteiger partial charge in [-0.3, -0.25) is 4.79 Å². The molecule has 1 fully saturated rings. The summed E-state index contributed by atoms with van der Waals surface area (Å²) in [6, 6.07) is 10.2. The molecule has 3 aromatic rings. The van der Waals surface area contributed by atoms with Crippen molar-refractivity contribution in [3.63, 3.8) is 0 Å². The highest BCUT2D eigenvalue weighted by Crippen LogP contribution is 2.28. The van der Waals surface area contributed by atoms with Gasteiger partial charge < -0.3 is 13.9 Å². The second-order valence-corrected chi connectivity index (χ2v) is 6.58. The molecule has 1 aliphatic rings. The normalized spacial score (nSPS) is 15.8. The molecule has 0 saturated carbocycles. The van der Waals surface area contributed by atoms with Crippen LogP contribution in [0.1, 0.15) is 48.5 Å². The number of fused-ring (bicyclic) bond motifs is 1. The van der Waals surface area contributed by atoms with Gasteiger partial charge in [-0.15, -0.1) is 10.2 Å². The largest absolute Gasteiger partial charge is 0.428 e. The van der Waals surface area contributed by atoms with Crippen LogP contribution in [-0.2, 0) is 6.54 Å². The van der Waals surface area contributed by atoms with Crippen molar-refractivity contribution in [3.05, 3.63) is 48.3 Å². The number of hydrogen-bond acceptors (Lipinski definition) is 4. The average molecular weight is 338 g/mol. The summed E-state index contributed by atoms with van der Waals surface area (Å²) < 4.78 is 7.47. The zero-order chi connectivity index (χ0) is 17.2. The number of piperidine rings is 1. The summed E-state index contributed by atoms with van der Waals surface area (Å²) >= 11 is 0. The van der Waals surface area contributed by atoms with E-state index in [1.165, 1.54) is 6.39 Å². The van der Waals surface area contributed by atoms with Crippen molar-refractivity contribution in [1.82, 2.24) is 19.7 Å². The maximum absolute atomic E-state index is 13.1. The van der Waals surface area contributed by atoms with E-state index in [2.05, 4.69) is 33.8 Å². The highest BCUT2D eigenvalue weighted by molar-refractivity contribution is 5.98. The molecule has 0 atom stereocenters. The van der Waals surface area contributed by atoms with Crippen LogP contribution in [-0.4, -0.2) is 38.7 Å². The summed E-state index contributed by atoms with van der Waals surface area (Å²) in [5.41, 5.74) is 1.92. The van der Waals surface area contributed by atoms with E-state index in [1.54, 1.807) is 0 Å². The number of carbonyl (C=O) groups is 1. The Hall–Kier alpha value is -2.63. The lowest BCUT2D eigenvalue weighted by molar-refractivity contribution is 0.0695. The zero-order valence-corrected chi connectivity index (χ0v) is 14.4. The zero-order valence-electron chi connectivity index (χ0n) is 14.4. The maximum Gasteiger partial charge on any atom is 0.270 e. The lowest BCUT2D eigenvalue weighted by atomic mass is 9.96. The fraction of sp³-hybridized carbons (Fsp3) is 0.421. The molecule has 6 heteroatoms. The van der Waals surface area contributed by atoms with Crippen LogP contribution in [0.15, 0.2) is 41.1 Å². The van der Waals surface area contributed by atoms with Crippen LogP contribution in [0.5, 0.6) is 0 Å². The van der Waals surface area contributed by atoms with Crippen molar-refractivity contribution >= 4 is 16.8 Å². The Bertz CT molecular complexity index is 861. The van der Waals surface area contributed by atoms with Gasteiger partial charge in [0, 0.05) is 36.5 Å². The van der Waals surface area contributed by atoms with Gasteiger partial charge in [-0.25, -0.2) is 0 Å². The van der Waals surface area contributed by atoms with Gasteiger partial charge in [-0.05, 0) is 31.4 Å². The first-order valence-corrected chi connectivity index (χ1v) is 8.91. The van der Waals surface area contributed by atoms with Crippen LogP contribution in [0.25, 0.3) is 10.9 Å². The predicted molar refractivity (Wildman–Crippen MR) is 94.4 cm³/mol. The number of hydrogen-bond donors (Lipinski definition) is 0. The third-order valence-electron chi connectivity index (χ3n) is 4.99. The van der Waals surface area contributed by atoms with Gasteiger partial charge >= 0.3 is 0 Å². The minimum atomic E-state index is 0.119. The Labute approximate surface area is 146 Å². The van der Waals surface area contributed by atoms with Gasteiger partial charge in [0.15, 0.2) is 0 Å². The molecule has 3 heterocycles. The highest BCUT2D eigenvalue weighted by Gasteiger charge is 2.28. The molecule has 0 aliphatic carbocycles. The topological polar surface area (TPSA) is 64.2 Å². The number of rotatable bonds is 4. The van der Waals surface area contributed by atoms with Crippen LogP contribution in [0.3, 0.4) is 0 Å². The quantitative estimate of drug-likeness (QED) is 0.731. The molecule has 130 valence electrons. The second kappa shape index (κ2) is 6.70. The molecule has 25 heavy (non-hydrogen) atoms. The summed E-state index contributed by atoms with van der Waals surface area (Å²) in [6.45, 7) is 4.44. The van der Waals surface area contributed by atoms with E-state index < -0.39 is 0 Å². The van der Waals surface area contributed by atoms with Gasteiger partial charge in [0.2, 0.25) is 12.3 Å². The smallest absolute Gasteiger partial charge is 0.270 e. The highest BCUT2D eigenvalue weighted by atomic mass is 16.4. The Morgan fingerprint density at radius 2 is 2.08 bits per heavy atom. The summed E-state index contributed by atoms with van der Waals surface area (Å²) in [4.78, 5) is 15.1. The van der Waals surface area contributed by atoms with Crippen molar-refractivity contribution in [1.29, 1.82) is 0 Å². The molecule has 2 aromatic heterocycles. The van der Waals surface area contributed by atoms with Crippen LogP contribution in [0.2, 0.25) is 0 Å². The van der Waals surface area contributed by atoms with E-state index in [1.807, 2.05) is 23.1 Å². The molecule has 1 aliphatic heterocycles. The second-order valence-electron chi connectivity index (χ2n) is 6.58. The summed E-state index contributed by atoms with van der Waals surface area (Å²) in [5.74, 6) is 1.06. The molecule has 0 radical (unpaired) electrons. The van der Waals surface area contributed by atoms with E-state index in [0.29, 0.717) is 5.89 Å². The summed E-state index contributed by atoms with van der Waals surface area (Å²) in [5, 5.41) is 8.89. The lowest BCUT2D eigenvalue weighted by Crippen LogP contribution is -2.38. The number of benzene rings is 1. The fourth-order valence-corrected chi connectivity index (χ4v) is 3.70. The Morgan fingerprint density at radius 1 is 1.28 bits per heavy atom. The molecular weight excluding hydrogens is 316 g/mol. The average Bonchev–Trinajstić information content (AvgIpc) is 3.30. The van der Waals surface area contributed by atoms with Crippen LogP contribution in [0.4, 0.5) is 0 Å². The van der Waals surface area contributed by atoms with Gasteiger partial charge in [-0.1, -0.05) is 25.1 Å². The number of nitrogens with zero attached hydrogens (tertiary/aromatic N) is 4. The van der Waals surface area contributed by atoms with Crippen molar-refractivity contribution < 1.29 is 9.21 Å². The Balaban J connectivity index is 1.55. The van der Waals surface area contributed by atoms with Crippen molar-refractivity contribution in [3.8, 4) is 0 Å². The molecule has 0 N–H and O–H groups in total. The molecule has 0 spiro atoms. The number of amides is 1. The Morgan fingerprint density at radius 3 is 2.80 bits per heavy atom. The molecule has 1 amide bonds. The third-order valence-corrected chi connectivity index (χ3v) is 4.99. The van der Waals surface area contributed by atoms with Crippen molar-refractivity contribution in [2.75, 3.05) is 13.1 Å². The van der Waals surface area contributed by atoms with Gasteiger partial charge in [0.05, 0.1) is 0 Å². The van der Waals surface area contributed by atoms with Gasteiger partial charge in [-0.2, -0.15) is 0 Å². The summed E-state index contributed by atoms with van der Waals surface area (Å²) in [7, 11) is 0. The molecule has 4 rings (SSSR count). The van der Waals surface area contributed by atoms with E-state index in [0.717, 1.165) is 55.5 Å². The molecule has 1 aromatic carbocycles. The molecule has 1 saturated heterocycles. The first-order valence-electron chi connectivity index (χ1n) is 8.91. The van der Waals surface area contributed by atoms with Crippen molar-refractivity contribution in [2.45, 2.75) is 38.6 Å². The van der Waals surface area contributed by atoms with Crippen LogP contribution < -0.4 is 0 Å². The maximum atomic E-state index is 13.1. The first-order chi connectivity index (χ1) is 12.3. The predicted octanol–water partition coefficient (Wildman–Crippen LogP) is 3.45. The monoisotopic (exact) mass is 338 g/mol. The molecule has 0 unspecified atom stereocenters. The lowest BCUT2D eigenvalue weighted by Gasteiger charge is -2.30. The minimum absolute atomic E-state index is 0.119. The van der Waals surface area contributed by atoms with E-state index in [4.69, 9.17) is 4.42 Å². The molecule has 0 bridgehead atoms. The Kier molecular flexibility index (Phi) is 4.26. The molecule has 6 nitrogen and oxygen atoms in total. The van der Waals surface area contributed by atoms with Crippen molar-refractivity contribution in [2.24, 2.45) is 0 Å². The standard InChI is InChI=1S/C19H22N4O2/c1-2-9-23-16-6-4-3-5-15(16)12-17(23)19(24)22-10-7-14(8-11-22)18-21-20-13-25-18/h3-6,12-14H,2,7-11H2,1H3. The number of aromatic nitrogens is 3. The van der Waals surface area contributed by atoms with Crippen LogP contribution >= 0.6 is 0 Å². The van der Waals surface area contributed by atoms with Crippen LogP contribution in [0, 0.1) is 0 Å². The van der Waals surface area contributed by atoms with Gasteiger partial charge in [0.25, 0.3) is 5.91 Å². The SMILES string of the molecule is CCCn1c(C(=O)N2CCC(c3nnco3)CC2)cc2ccccc21. The fourth-order valence-electron chi connectivity index (χ4n) is 3.70. The van der Waals surface area contributed by atoms with E-state index in [9.17, 15) is 4.79 Å². The third kappa shape index (κ3) is 2.92. The number of para-hydroxylation sites is 1.